The minimum atomic E-state index is -4.19. The zero-order chi connectivity index (χ0) is 26.4. The molecule has 0 saturated carbocycles. The summed E-state index contributed by atoms with van der Waals surface area (Å²) in [6, 6.07) is 29.1. The molecule has 0 N–H and O–H groups in total. The maximum atomic E-state index is 14.4. The van der Waals surface area contributed by atoms with E-state index in [1.165, 1.54) is 28.6 Å². The lowest BCUT2D eigenvalue weighted by Crippen LogP contribution is -2.36. The van der Waals surface area contributed by atoms with Gasteiger partial charge in [0, 0.05) is 23.1 Å². The largest absolute Gasteiger partial charge is 0.454 e. The first-order valence-corrected chi connectivity index (χ1v) is 13.4. The van der Waals surface area contributed by atoms with Crippen LogP contribution in [-0.4, -0.2) is 13.3 Å². The first-order chi connectivity index (χ1) is 18.3. The molecule has 0 amide bonds. The highest BCUT2D eigenvalue weighted by molar-refractivity contribution is 7.92. The van der Waals surface area contributed by atoms with Gasteiger partial charge in [-0.25, -0.2) is 8.42 Å². The number of hydrogen-bond acceptors (Lipinski definition) is 5. The molecular weight excluding hydrogens is 500 g/mol. The topological polar surface area (TPSA) is 93.7 Å². The van der Waals surface area contributed by atoms with E-state index in [0.717, 1.165) is 22.3 Å². The molecule has 1 aliphatic heterocycles. The molecule has 4 aromatic carbocycles. The average molecular weight is 523 g/mol. The van der Waals surface area contributed by atoms with Gasteiger partial charge >= 0.3 is 0 Å². The number of fused-ring (bicyclic) bond motifs is 3. The molecule has 1 unspecified atom stereocenters. The van der Waals surface area contributed by atoms with Crippen LogP contribution >= 0.6 is 0 Å². The van der Waals surface area contributed by atoms with Crippen molar-refractivity contribution in [2.75, 3.05) is 4.31 Å². The van der Waals surface area contributed by atoms with Crippen LogP contribution in [0, 0.1) is 17.0 Å². The summed E-state index contributed by atoms with van der Waals surface area (Å²) in [5.74, 6) is 0.453. The lowest BCUT2D eigenvalue weighted by molar-refractivity contribution is -0.384. The predicted molar refractivity (Wildman–Crippen MR) is 146 cm³/mol. The zero-order valence-corrected chi connectivity index (χ0v) is 21.1. The second-order valence-corrected chi connectivity index (χ2v) is 10.9. The SMILES string of the molecule is Cc1ccc2c3c(oc2c1)C(c1ccccc1)=CC(c1ccccc1)N3S(=O)(=O)c1ccc([N+](=O)[O-])cc1. The van der Waals surface area contributed by atoms with Crippen molar-refractivity contribution in [2.45, 2.75) is 17.9 Å². The summed E-state index contributed by atoms with van der Waals surface area (Å²) in [7, 11) is -4.19. The van der Waals surface area contributed by atoms with Gasteiger partial charge in [-0.1, -0.05) is 66.7 Å². The summed E-state index contributed by atoms with van der Waals surface area (Å²) in [5.41, 5.74) is 4.29. The van der Waals surface area contributed by atoms with Crippen molar-refractivity contribution in [1.82, 2.24) is 0 Å². The Balaban J connectivity index is 1.66. The molecule has 5 aromatic rings. The van der Waals surface area contributed by atoms with Gasteiger partial charge in [0.25, 0.3) is 15.7 Å². The number of furan rings is 1. The molecule has 0 spiro atoms. The minimum Gasteiger partial charge on any atom is -0.454 e. The van der Waals surface area contributed by atoms with Gasteiger partial charge in [0.1, 0.15) is 11.3 Å². The number of aryl methyl sites for hydroxylation is 1. The number of benzene rings is 4. The number of non-ortho nitro benzene ring substituents is 1. The molecule has 2 heterocycles. The Hall–Kier alpha value is -4.69. The van der Waals surface area contributed by atoms with Crippen molar-refractivity contribution in [3.05, 3.63) is 142 Å². The normalized spacial score (nSPS) is 15.2. The number of hydrogen-bond donors (Lipinski definition) is 0. The van der Waals surface area contributed by atoms with E-state index in [-0.39, 0.29) is 10.6 Å². The van der Waals surface area contributed by atoms with Crippen molar-refractivity contribution < 1.29 is 17.8 Å². The fourth-order valence-electron chi connectivity index (χ4n) is 4.88. The molecule has 1 atom stereocenters. The van der Waals surface area contributed by atoms with Gasteiger partial charge < -0.3 is 4.42 Å². The summed E-state index contributed by atoms with van der Waals surface area (Å²) in [4.78, 5) is 10.6. The smallest absolute Gasteiger partial charge is 0.269 e. The summed E-state index contributed by atoms with van der Waals surface area (Å²) < 4.78 is 36.5. The fourth-order valence-corrected chi connectivity index (χ4v) is 6.49. The van der Waals surface area contributed by atoms with Gasteiger partial charge in [-0.05, 0) is 54.0 Å². The van der Waals surface area contributed by atoms with Gasteiger partial charge in [0.2, 0.25) is 0 Å². The molecule has 1 aliphatic rings. The average Bonchev–Trinajstić information content (AvgIpc) is 3.31. The highest BCUT2D eigenvalue weighted by atomic mass is 32.2. The predicted octanol–water partition coefficient (Wildman–Crippen LogP) is 7.03. The number of nitro groups is 1. The molecule has 0 bridgehead atoms. The van der Waals surface area contributed by atoms with Gasteiger partial charge in [-0.15, -0.1) is 0 Å². The van der Waals surface area contributed by atoms with Crippen molar-refractivity contribution in [3.8, 4) is 0 Å². The molecule has 0 aliphatic carbocycles. The van der Waals surface area contributed by atoms with Crippen LogP contribution in [0.2, 0.25) is 0 Å². The maximum Gasteiger partial charge on any atom is 0.269 e. The van der Waals surface area contributed by atoms with Crippen LogP contribution in [0.15, 0.2) is 119 Å². The summed E-state index contributed by atoms with van der Waals surface area (Å²) >= 11 is 0. The third kappa shape index (κ3) is 3.86. The molecule has 1 aromatic heterocycles. The Kier molecular flexibility index (Phi) is 5.61. The summed E-state index contributed by atoms with van der Waals surface area (Å²) in [6.45, 7) is 1.95. The van der Waals surface area contributed by atoms with Crippen molar-refractivity contribution in [3.63, 3.8) is 0 Å². The Labute approximate surface area is 219 Å². The van der Waals surface area contributed by atoms with Crippen molar-refractivity contribution in [2.24, 2.45) is 0 Å². The highest BCUT2D eigenvalue weighted by Gasteiger charge is 2.40. The fraction of sp³-hybridized carbons (Fsp3) is 0.0667. The molecular formula is C30H22N2O5S. The second kappa shape index (κ2) is 9.00. The lowest BCUT2D eigenvalue weighted by Gasteiger charge is -2.35. The summed E-state index contributed by atoms with van der Waals surface area (Å²) in [6.07, 6.45) is 1.91. The number of nitro benzene ring substituents is 1. The van der Waals surface area contributed by atoms with Crippen LogP contribution in [-0.2, 0) is 10.0 Å². The number of anilines is 1. The molecule has 188 valence electrons. The van der Waals surface area contributed by atoms with E-state index < -0.39 is 21.0 Å². The third-order valence-corrected chi connectivity index (χ3v) is 8.49. The first-order valence-electron chi connectivity index (χ1n) is 12.0. The number of sulfonamides is 1. The van der Waals surface area contributed by atoms with Crippen LogP contribution in [0.5, 0.6) is 0 Å². The van der Waals surface area contributed by atoms with Crippen molar-refractivity contribution in [1.29, 1.82) is 0 Å². The van der Waals surface area contributed by atoms with Gasteiger partial charge in [-0.3, -0.25) is 14.4 Å². The number of rotatable bonds is 5. The zero-order valence-electron chi connectivity index (χ0n) is 20.3. The van der Waals surface area contributed by atoms with Crippen LogP contribution < -0.4 is 4.31 Å². The Morgan fingerprint density at radius 1 is 0.868 bits per heavy atom. The Bertz CT molecular complexity index is 1810. The Morgan fingerprint density at radius 2 is 1.53 bits per heavy atom. The van der Waals surface area contributed by atoms with Crippen molar-refractivity contribution >= 4 is 37.9 Å². The van der Waals surface area contributed by atoms with Crippen LogP contribution in [0.4, 0.5) is 11.4 Å². The molecule has 0 radical (unpaired) electrons. The first kappa shape index (κ1) is 23.7. The standard InChI is InChI=1S/C30H22N2O5S/c1-20-12-17-25-28(18-20)37-30-26(21-8-4-2-5-9-21)19-27(22-10-6-3-7-11-22)31(29(25)30)38(35,36)24-15-13-23(14-16-24)32(33)34/h2-19,27H,1H3. The van der Waals surface area contributed by atoms with E-state index in [9.17, 15) is 18.5 Å². The van der Waals surface area contributed by atoms with Crippen LogP contribution in [0.3, 0.4) is 0 Å². The van der Waals surface area contributed by atoms with E-state index in [0.29, 0.717) is 22.4 Å². The van der Waals surface area contributed by atoms with E-state index in [2.05, 4.69) is 0 Å². The lowest BCUT2D eigenvalue weighted by atomic mass is 9.93. The van der Waals surface area contributed by atoms with Crippen LogP contribution in [0.1, 0.15) is 28.5 Å². The molecule has 7 nitrogen and oxygen atoms in total. The molecule has 6 rings (SSSR count). The van der Waals surface area contributed by atoms with Crippen LogP contribution in [0.25, 0.3) is 16.5 Å². The molecule has 8 heteroatoms. The monoisotopic (exact) mass is 522 g/mol. The molecule has 38 heavy (non-hydrogen) atoms. The second-order valence-electron chi connectivity index (χ2n) is 9.13. The molecule has 0 saturated heterocycles. The third-order valence-electron chi connectivity index (χ3n) is 6.69. The van der Waals surface area contributed by atoms with Gasteiger partial charge in [-0.2, -0.15) is 0 Å². The molecule has 0 fully saturated rings. The van der Waals surface area contributed by atoms with E-state index in [1.54, 1.807) is 0 Å². The maximum absolute atomic E-state index is 14.4. The van der Waals surface area contributed by atoms with E-state index in [4.69, 9.17) is 4.42 Å². The summed E-state index contributed by atoms with van der Waals surface area (Å²) in [5, 5.41) is 11.9. The quantitative estimate of drug-likeness (QED) is 0.182. The van der Waals surface area contributed by atoms with E-state index in [1.807, 2.05) is 91.9 Å². The highest BCUT2D eigenvalue weighted by Crippen LogP contribution is 2.50. The number of nitrogens with zero attached hydrogens (tertiary/aromatic N) is 2. The van der Waals surface area contributed by atoms with Gasteiger partial charge in [0.15, 0.2) is 5.76 Å². The van der Waals surface area contributed by atoms with Gasteiger partial charge in [0.05, 0.1) is 15.9 Å². The minimum absolute atomic E-state index is 0.0481. The van der Waals surface area contributed by atoms with E-state index >= 15 is 0 Å². The Morgan fingerprint density at radius 3 is 2.18 bits per heavy atom.